The van der Waals surface area contributed by atoms with E-state index in [2.05, 4.69) is 0 Å². The van der Waals surface area contributed by atoms with Gasteiger partial charge >= 0.3 is 6.03 Å². The summed E-state index contributed by atoms with van der Waals surface area (Å²) in [6, 6.07) is -0.861. The lowest BCUT2D eigenvalue weighted by atomic mass is 10.3. The zero-order chi connectivity index (χ0) is 11.6. The summed E-state index contributed by atoms with van der Waals surface area (Å²) < 4.78 is 21.6. The molecule has 0 aromatic heterocycles. The number of nitrogens with zero attached hydrogens (tertiary/aromatic N) is 1. The number of sulfone groups is 1. The molecule has 1 rings (SSSR count). The number of amides is 4. The van der Waals surface area contributed by atoms with Crippen molar-refractivity contribution in [1.29, 1.82) is 0 Å². The second kappa shape index (κ2) is 3.97. The molecule has 0 unspecified atom stereocenters. The molecule has 0 aromatic rings. The zero-order valence-electron chi connectivity index (χ0n) is 8.02. The molecule has 7 nitrogen and oxygen atoms in total. The normalized spacial score (nSPS) is 17.9. The lowest BCUT2D eigenvalue weighted by molar-refractivity contribution is -0.136. The van der Waals surface area contributed by atoms with Gasteiger partial charge in [-0.2, -0.15) is 0 Å². The number of urea groups is 1. The van der Waals surface area contributed by atoms with E-state index >= 15 is 0 Å². The van der Waals surface area contributed by atoms with Gasteiger partial charge in [0.2, 0.25) is 11.8 Å². The van der Waals surface area contributed by atoms with Gasteiger partial charge in [-0.15, -0.1) is 0 Å². The van der Waals surface area contributed by atoms with E-state index in [-0.39, 0.29) is 12.3 Å². The monoisotopic (exact) mass is 234 g/mol. The first-order valence-electron chi connectivity index (χ1n) is 4.11. The minimum absolute atomic E-state index is 0.225. The average molecular weight is 234 g/mol. The van der Waals surface area contributed by atoms with Crippen LogP contribution in [0.25, 0.3) is 0 Å². The Hall–Kier alpha value is -1.44. The van der Waals surface area contributed by atoms with Gasteiger partial charge in [0.25, 0.3) is 0 Å². The predicted octanol–water partition coefficient (Wildman–Crippen LogP) is -1.50. The molecule has 1 fully saturated rings. The maximum atomic E-state index is 11.2. The smallest absolute Gasteiger partial charge is 0.277 e. The van der Waals surface area contributed by atoms with Crippen LogP contribution in [0.3, 0.4) is 0 Å². The van der Waals surface area contributed by atoms with E-state index in [1.807, 2.05) is 5.32 Å². The molecule has 0 spiro atoms. The molecule has 1 N–H and O–H groups in total. The lowest BCUT2D eigenvalue weighted by Gasteiger charge is -2.24. The summed E-state index contributed by atoms with van der Waals surface area (Å²) in [4.78, 5) is 33.7. The SMILES string of the molecule is CS(=O)(=O)CCN1C(=O)CC(=O)NC1=O. The topological polar surface area (TPSA) is 101 Å². The molecule has 0 aliphatic carbocycles. The van der Waals surface area contributed by atoms with E-state index < -0.39 is 34.1 Å². The predicted molar refractivity (Wildman–Crippen MR) is 49.6 cm³/mol. The third-order valence-electron chi connectivity index (χ3n) is 1.79. The van der Waals surface area contributed by atoms with Crippen molar-refractivity contribution in [2.75, 3.05) is 18.6 Å². The van der Waals surface area contributed by atoms with Gasteiger partial charge in [-0.3, -0.25) is 19.8 Å². The summed E-state index contributed by atoms with van der Waals surface area (Å²) in [5.41, 5.74) is 0. The maximum absolute atomic E-state index is 11.2. The number of nitrogens with one attached hydrogen (secondary N) is 1. The summed E-state index contributed by atoms with van der Waals surface area (Å²) in [5, 5.41) is 1.93. The number of barbiturate groups is 1. The second-order valence-corrected chi connectivity index (χ2v) is 5.47. The first-order chi connectivity index (χ1) is 6.79. The van der Waals surface area contributed by atoms with Gasteiger partial charge in [-0.25, -0.2) is 13.2 Å². The Kier molecular flexibility index (Phi) is 3.08. The van der Waals surface area contributed by atoms with E-state index in [4.69, 9.17) is 0 Å². The molecule has 0 aromatic carbocycles. The fourth-order valence-electron chi connectivity index (χ4n) is 1.06. The second-order valence-electron chi connectivity index (χ2n) is 3.21. The summed E-state index contributed by atoms with van der Waals surface area (Å²) >= 11 is 0. The minimum atomic E-state index is -3.24. The molecular formula is C7H10N2O5S. The van der Waals surface area contributed by atoms with Gasteiger partial charge in [-0.1, -0.05) is 0 Å². The first-order valence-corrected chi connectivity index (χ1v) is 6.17. The Morgan fingerprint density at radius 3 is 2.40 bits per heavy atom. The molecule has 0 bridgehead atoms. The quantitative estimate of drug-likeness (QED) is 0.599. The van der Waals surface area contributed by atoms with Crippen molar-refractivity contribution in [1.82, 2.24) is 10.2 Å². The van der Waals surface area contributed by atoms with E-state index in [0.29, 0.717) is 0 Å². The Balaban J connectivity index is 2.65. The van der Waals surface area contributed by atoms with E-state index in [0.717, 1.165) is 11.2 Å². The van der Waals surface area contributed by atoms with E-state index in [1.54, 1.807) is 0 Å². The molecule has 0 atom stereocenters. The lowest BCUT2D eigenvalue weighted by Crippen LogP contribution is -2.53. The summed E-state index contributed by atoms with van der Waals surface area (Å²) in [6.07, 6.45) is 0.583. The van der Waals surface area contributed by atoms with Gasteiger partial charge in [0, 0.05) is 12.8 Å². The van der Waals surface area contributed by atoms with Crippen molar-refractivity contribution in [3.8, 4) is 0 Å². The molecule has 4 amide bonds. The Morgan fingerprint density at radius 1 is 1.33 bits per heavy atom. The summed E-state index contributed by atoms with van der Waals surface area (Å²) in [7, 11) is -3.24. The number of imide groups is 2. The fraction of sp³-hybridized carbons (Fsp3) is 0.571. The van der Waals surface area contributed by atoms with Crippen LogP contribution >= 0.6 is 0 Å². The highest BCUT2D eigenvalue weighted by molar-refractivity contribution is 7.90. The number of carbonyl (C=O) groups excluding carboxylic acids is 3. The van der Waals surface area contributed by atoms with Crippen LogP contribution in [0.5, 0.6) is 0 Å². The molecule has 1 aliphatic heterocycles. The zero-order valence-corrected chi connectivity index (χ0v) is 8.83. The van der Waals surface area contributed by atoms with Crippen LogP contribution < -0.4 is 5.32 Å². The maximum Gasteiger partial charge on any atom is 0.330 e. The van der Waals surface area contributed by atoms with E-state index in [9.17, 15) is 22.8 Å². The highest BCUT2D eigenvalue weighted by Gasteiger charge is 2.30. The molecule has 15 heavy (non-hydrogen) atoms. The van der Waals surface area contributed by atoms with Crippen molar-refractivity contribution >= 4 is 27.7 Å². The Morgan fingerprint density at radius 2 is 1.93 bits per heavy atom. The van der Waals surface area contributed by atoms with Crippen molar-refractivity contribution < 1.29 is 22.8 Å². The largest absolute Gasteiger partial charge is 0.330 e. The molecule has 1 saturated heterocycles. The van der Waals surface area contributed by atoms with Gasteiger partial charge in [0.1, 0.15) is 16.3 Å². The number of hydrogen-bond donors (Lipinski definition) is 1. The fourth-order valence-corrected chi connectivity index (χ4v) is 1.57. The van der Waals surface area contributed by atoms with Crippen LogP contribution in [-0.2, 0) is 19.4 Å². The van der Waals surface area contributed by atoms with Crippen LogP contribution in [0.1, 0.15) is 6.42 Å². The first kappa shape index (κ1) is 11.6. The Labute approximate surface area is 86.3 Å². The van der Waals surface area contributed by atoms with Crippen LogP contribution in [0.4, 0.5) is 4.79 Å². The van der Waals surface area contributed by atoms with Gasteiger partial charge in [0.15, 0.2) is 0 Å². The van der Waals surface area contributed by atoms with Gasteiger partial charge in [0.05, 0.1) is 5.75 Å². The molecule has 1 heterocycles. The molecule has 0 saturated carbocycles. The standard InChI is InChI=1S/C7H10N2O5S/c1-15(13,14)3-2-9-6(11)4-5(10)8-7(9)12/h2-4H2,1H3,(H,8,10,12). The molecule has 84 valence electrons. The third kappa shape index (κ3) is 3.31. The van der Waals surface area contributed by atoms with Gasteiger partial charge < -0.3 is 0 Å². The highest BCUT2D eigenvalue weighted by atomic mass is 32.2. The van der Waals surface area contributed by atoms with E-state index in [1.165, 1.54) is 0 Å². The van der Waals surface area contributed by atoms with Crippen molar-refractivity contribution in [2.24, 2.45) is 0 Å². The molecular weight excluding hydrogens is 224 g/mol. The average Bonchev–Trinajstić information content (AvgIpc) is 1.99. The van der Waals surface area contributed by atoms with Gasteiger partial charge in [-0.05, 0) is 0 Å². The van der Waals surface area contributed by atoms with Crippen molar-refractivity contribution in [3.05, 3.63) is 0 Å². The summed E-state index contributed by atoms with van der Waals surface area (Å²) in [5.74, 6) is -1.65. The number of hydrogen-bond acceptors (Lipinski definition) is 5. The summed E-state index contributed by atoms with van der Waals surface area (Å²) in [6.45, 7) is -0.225. The highest BCUT2D eigenvalue weighted by Crippen LogP contribution is 2.02. The Bertz CT molecular complexity index is 393. The van der Waals surface area contributed by atoms with Crippen LogP contribution in [0.15, 0.2) is 0 Å². The van der Waals surface area contributed by atoms with Crippen LogP contribution in [0, 0.1) is 0 Å². The van der Waals surface area contributed by atoms with Crippen molar-refractivity contribution in [2.45, 2.75) is 6.42 Å². The molecule has 8 heteroatoms. The van der Waals surface area contributed by atoms with Crippen LogP contribution in [-0.4, -0.2) is 49.7 Å². The number of rotatable bonds is 3. The minimum Gasteiger partial charge on any atom is -0.277 e. The molecule has 1 aliphatic rings. The molecule has 0 radical (unpaired) electrons. The van der Waals surface area contributed by atoms with Crippen molar-refractivity contribution in [3.63, 3.8) is 0 Å². The van der Waals surface area contributed by atoms with Crippen LogP contribution in [0.2, 0.25) is 0 Å². The third-order valence-corrected chi connectivity index (χ3v) is 2.71. The number of carbonyl (C=O) groups is 3.